The first-order valence-corrected chi connectivity index (χ1v) is 11.5. The van der Waals surface area contributed by atoms with Gasteiger partial charge >= 0.3 is 0 Å². The highest BCUT2D eigenvalue weighted by molar-refractivity contribution is 9.10. The van der Waals surface area contributed by atoms with E-state index < -0.39 is 11.8 Å². The van der Waals surface area contributed by atoms with Gasteiger partial charge in [0.05, 0.1) is 16.8 Å². The molecule has 0 bridgehead atoms. The zero-order valence-corrected chi connectivity index (χ0v) is 20.1. The highest BCUT2D eigenvalue weighted by atomic mass is 79.9. The molecule has 1 heterocycles. The van der Waals surface area contributed by atoms with Gasteiger partial charge in [0.25, 0.3) is 11.8 Å². The van der Waals surface area contributed by atoms with Gasteiger partial charge in [0.2, 0.25) is 0 Å². The quantitative estimate of drug-likeness (QED) is 0.249. The minimum Gasteiger partial charge on any atom is -0.490 e. The van der Waals surface area contributed by atoms with Crippen molar-refractivity contribution in [2.75, 3.05) is 24.8 Å². The lowest BCUT2D eigenvalue weighted by atomic mass is 10.1. The lowest BCUT2D eigenvalue weighted by molar-refractivity contribution is -0.117. The minimum absolute atomic E-state index is 0.0307. The number of nitrogens with zero attached hydrogens (tertiary/aromatic N) is 1. The van der Waals surface area contributed by atoms with Crippen LogP contribution in [-0.2, 0) is 9.59 Å². The molecule has 7 nitrogen and oxygen atoms in total. The largest absolute Gasteiger partial charge is 0.490 e. The monoisotopic (exact) mass is 522 g/mol. The Morgan fingerprint density at radius 2 is 1.59 bits per heavy atom. The Balaban J connectivity index is 1.51. The molecule has 0 spiro atoms. The van der Waals surface area contributed by atoms with Gasteiger partial charge in [0, 0.05) is 0 Å². The molecule has 2 amide bonds. The van der Waals surface area contributed by atoms with Crippen LogP contribution in [0, 0.1) is 0 Å². The molecule has 3 aromatic rings. The number of rotatable bonds is 9. The fourth-order valence-corrected chi connectivity index (χ4v) is 3.95. The Bertz CT molecular complexity index is 1200. The van der Waals surface area contributed by atoms with Crippen LogP contribution in [0.25, 0.3) is 6.08 Å². The van der Waals surface area contributed by atoms with Crippen molar-refractivity contribution >= 4 is 39.5 Å². The number of benzene rings is 3. The fourth-order valence-electron chi connectivity index (χ4n) is 3.38. The zero-order chi connectivity index (χ0) is 23.9. The number of nitrogens with one attached hydrogen (secondary N) is 1. The molecule has 0 aromatic heterocycles. The molecule has 1 aliphatic heterocycles. The third-order valence-corrected chi connectivity index (χ3v) is 5.48. The maximum Gasteiger partial charge on any atom is 0.282 e. The molecule has 1 aliphatic rings. The Morgan fingerprint density at radius 3 is 2.29 bits per heavy atom. The van der Waals surface area contributed by atoms with Crippen LogP contribution in [0.1, 0.15) is 12.5 Å². The van der Waals surface area contributed by atoms with Crippen LogP contribution >= 0.6 is 15.9 Å². The van der Waals surface area contributed by atoms with Gasteiger partial charge < -0.3 is 14.2 Å². The average Bonchev–Trinajstić information content (AvgIpc) is 3.13. The van der Waals surface area contributed by atoms with Gasteiger partial charge in [-0.25, -0.2) is 5.01 Å². The van der Waals surface area contributed by atoms with Crippen molar-refractivity contribution in [2.24, 2.45) is 0 Å². The summed E-state index contributed by atoms with van der Waals surface area (Å²) in [6.45, 7) is 2.95. The molecule has 1 N–H and O–H groups in total. The minimum atomic E-state index is -0.471. The molecule has 3 aromatic carbocycles. The number of anilines is 1. The molecule has 0 atom stereocenters. The number of ether oxygens (including phenoxy) is 3. The summed E-state index contributed by atoms with van der Waals surface area (Å²) in [6.07, 6.45) is 1.54. The summed E-state index contributed by atoms with van der Waals surface area (Å²) < 4.78 is 18.0. The predicted molar refractivity (Wildman–Crippen MR) is 133 cm³/mol. The van der Waals surface area contributed by atoms with Gasteiger partial charge in [-0.3, -0.25) is 15.0 Å². The molecule has 0 saturated carbocycles. The standard InChI is InChI=1S/C26H23BrN2O5/c1-2-32-23-17-18(15-21-25(30)28-29(26(21)31)19-9-5-3-6-10-19)16-22(27)24(23)34-14-13-33-20-11-7-4-8-12-20/h3-12,15-17H,2,13-14H2,1H3,(H,28,30). The molecular weight excluding hydrogens is 500 g/mol. The Morgan fingerprint density at radius 1 is 0.912 bits per heavy atom. The van der Waals surface area contributed by atoms with E-state index in [2.05, 4.69) is 21.4 Å². The van der Waals surface area contributed by atoms with E-state index in [0.29, 0.717) is 47.0 Å². The van der Waals surface area contributed by atoms with Crippen LogP contribution in [0.15, 0.2) is 82.8 Å². The summed E-state index contributed by atoms with van der Waals surface area (Å²) in [5.74, 6) is 0.884. The summed E-state index contributed by atoms with van der Waals surface area (Å²) in [6, 6.07) is 21.9. The number of hydrogen-bond donors (Lipinski definition) is 1. The van der Waals surface area contributed by atoms with E-state index in [4.69, 9.17) is 14.2 Å². The second-order valence-electron chi connectivity index (χ2n) is 7.25. The molecule has 8 heteroatoms. The van der Waals surface area contributed by atoms with Crippen LogP contribution in [0.3, 0.4) is 0 Å². The summed E-state index contributed by atoms with van der Waals surface area (Å²) >= 11 is 3.52. The van der Waals surface area contributed by atoms with E-state index in [1.54, 1.807) is 36.4 Å². The summed E-state index contributed by atoms with van der Waals surface area (Å²) in [5, 5.41) is 1.23. The molecule has 1 fully saturated rings. The first kappa shape index (κ1) is 23.4. The van der Waals surface area contributed by atoms with Crippen LogP contribution in [-0.4, -0.2) is 31.6 Å². The number of amides is 2. The van der Waals surface area contributed by atoms with Crippen molar-refractivity contribution in [1.82, 2.24) is 5.43 Å². The lowest BCUT2D eigenvalue weighted by Crippen LogP contribution is -2.35. The van der Waals surface area contributed by atoms with Gasteiger partial charge in [0.1, 0.15) is 24.5 Å². The Labute approximate surface area is 206 Å². The third kappa shape index (κ3) is 5.40. The maximum absolute atomic E-state index is 12.9. The van der Waals surface area contributed by atoms with E-state index in [1.807, 2.05) is 43.3 Å². The summed E-state index contributed by atoms with van der Waals surface area (Å²) in [5.41, 5.74) is 3.84. The van der Waals surface area contributed by atoms with Gasteiger partial charge in [-0.05, 0) is 70.9 Å². The number of carbonyl (C=O) groups excluding carboxylic acids is 2. The average molecular weight is 523 g/mol. The van der Waals surface area contributed by atoms with E-state index in [-0.39, 0.29) is 5.57 Å². The first-order valence-electron chi connectivity index (χ1n) is 10.8. The van der Waals surface area contributed by atoms with Crippen molar-refractivity contribution in [3.63, 3.8) is 0 Å². The Hall–Kier alpha value is -3.78. The second-order valence-corrected chi connectivity index (χ2v) is 8.10. The summed E-state index contributed by atoms with van der Waals surface area (Å²) in [7, 11) is 0. The molecule has 34 heavy (non-hydrogen) atoms. The van der Waals surface area contributed by atoms with Crippen LogP contribution < -0.4 is 24.6 Å². The normalized spacial score (nSPS) is 14.3. The molecule has 4 rings (SSSR count). The van der Waals surface area contributed by atoms with Crippen LogP contribution in [0.4, 0.5) is 5.69 Å². The molecule has 0 aliphatic carbocycles. The SMILES string of the molecule is CCOc1cc(C=C2C(=O)NN(c3ccccc3)C2=O)cc(Br)c1OCCOc1ccccc1. The van der Waals surface area contributed by atoms with Crippen molar-refractivity contribution < 1.29 is 23.8 Å². The Kier molecular flexibility index (Phi) is 7.49. The van der Waals surface area contributed by atoms with Gasteiger partial charge in [-0.15, -0.1) is 0 Å². The fraction of sp³-hybridized carbons (Fsp3) is 0.154. The first-order chi connectivity index (χ1) is 16.6. The van der Waals surface area contributed by atoms with E-state index in [0.717, 1.165) is 5.75 Å². The van der Waals surface area contributed by atoms with E-state index in [9.17, 15) is 9.59 Å². The molecule has 174 valence electrons. The number of halogens is 1. The second kappa shape index (κ2) is 10.9. The highest BCUT2D eigenvalue weighted by Gasteiger charge is 2.34. The van der Waals surface area contributed by atoms with Gasteiger partial charge in [-0.2, -0.15) is 0 Å². The van der Waals surface area contributed by atoms with E-state index >= 15 is 0 Å². The van der Waals surface area contributed by atoms with Gasteiger partial charge in [-0.1, -0.05) is 36.4 Å². The zero-order valence-electron chi connectivity index (χ0n) is 18.5. The molecular formula is C26H23BrN2O5. The van der Waals surface area contributed by atoms with Crippen LogP contribution in [0.2, 0.25) is 0 Å². The van der Waals surface area contributed by atoms with Gasteiger partial charge in [0.15, 0.2) is 11.5 Å². The number of hydrazine groups is 1. The molecule has 1 saturated heterocycles. The summed E-state index contributed by atoms with van der Waals surface area (Å²) in [4.78, 5) is 25.4. The van der Waals surface area contributed by atoms with Crippen molar-refractivity contribution in [3.8, 4) is 17.2 Å². The van der Waals surface area contributed by atoms with Crippen LogP contribution in [0.5, 0.6) is 17.2 Å². The predicted octanol–water partition coefficient (Wildman–Crippen LogP) is 4.77. The number of para-hydroxylation sites is 2. The molecule has 0 radical (unpaired) electrons. The topological polar surface area (TPSA) is 77.1 Å². The third-order valence-electron chi connectivity index (χ3n) is 4.89. The van der Waals surface area contributed by atoms with Crippen molar-refractivity contribution in [1.29, 1.82) is 0 Å². The van der Waals surface area contributed by atoms with Crippen molar-refractivity contribution in [3.05, 3.63) is 88.4 Å². The lowest BCUT2D eigenvalue weighted by Gasteiger charge is -2.15. The number of carbonyl (C=O) groups is 2. The highest BCUT2D eigenvalue weighted by Crippen LogP contribution is 2.38. The number of hydrogen-bond acceptors (Lipinski definition) is 5. The smallest absolute Gasteiger partial charge is 0.282 e. The van der Waals surface area contributed by atoms with Crippen molar-refractivity contribution in [2.45, 2.75) is 6.92 Å². The van der Waals surface area contributed by atoms with E-state index in [1.165, 1.54) is 11.1 Å². The molecule has 0 unspecified atom stereocenters. The maximum atomic E-state index is 12.9.